The number of phenols is 1. The van der Waals surface area contributed by atoms with Crippen molar-refractivity contribution in [2.75, 3.05) is 0 Å². The molecule has 0 aliphatic heterocycles. The van der Waals surface area contributed by atoms with Crippen LogP contribution in [-0.4, -0.2) is 16.1 Å². The van der Waals surface area contributed by atoms with Crippen LogP contribution >= 0.6 is 11.8 Å². The van der Waals surface area contributed by atoms with E-state index in [1.807, 2.05) is 11.8 Å². The fraction of sp³-hybridized carbons (Fsp3) is 0.682. The van der Waals surface area contributed by atoms with Crippen molar-refractivity contribution in [1.29, 1.82) is 0 Å². The van der Waals surface area contributed by atoms with E-state index in [9.17, 15) is 9.90 Å². The zero-order valence-electron chi connectivity index (χ0n) is 17.5. The van der Waals surface area contributed by atoms with E-state index in [1.165, 1.54) is 5.56 Å². The second-order valence-corrected chi connectivity index (χ2v) is 10.8. The number of hydrogen-bond acceptors (Lipinski definition) is 3. The van der Waals surface area contributed by atoms with Crippen molar-refractivity contribution in [3.05, 3.63) is 28.8 Å². The molecule has 0 aliphatic carbocycles. The fourth-order valence-corrected chi connectivity index (χ4v) is 4.21. The SMILES string of the molecule is CC(=O)CC(SCc1cc(C(C)(C)C)c(O)c(C(C)(C)C)c1)C(C)C. The van der Waals surface area contributed by atoms with Gasteiger partial charge in [0.05, 0.1) is 0 Å². The number of ketones is 1. The van der Waals surface area contributed by atoms with E-state index in [0.29, 0.717) is 23.3 Å². The zero-order chi connectivity index (χ0) is 19.6. The van der Waals surface area contributed by atoms with Crippen LogP contribution in [0.15, 0.2) is 12.1 Å². The molecule has 0 aliphatic rings. The van der Waals surface area contributed by atoms with Crippen LogP contribution in [0.1, 0.15) is 85.4 Å². The molecule has 1 aromatic carbocycles. The lowest BCUT2D eigenvalue weighted by Gasteiger charge is -2.28. The highest BCUT2D eigenvalue weighted by Gasteiger charge is 2.27. The average molecular weight is 365 g/mol. The molecule has 0 radical (unpaired) electrons. The smallest absolute Gasteiger partial charge is 0.130 e. The van der Waals surface area contributed by atoms with Crippen LogP contribution in [0.25, 0.3) is 0 Å². The maximum absolute atomic E-state index is 11.5. The molecule has 1 rings (SSSR count). The van der Waals surface area contributed by atoms with Gasteiger partial charge in [-0.2, -0.15) is 11.8 Å². The molecule has 0 amide bonds. The van der Waals surface area contributed by atoms with Crippen molar-refractivity contribution < 1.29 is 9.90 Å². The Morgan fingerprint density at radius 1 is 1.04 bits per heavy atom. The third-order valence-electron chi connectivity index (χ3n) is 4.48. The van der Waals surface area contributed by atoms with Crippen molar-refractivity contribution in [2.24, 2.45) is 5.92 Å². The molecule has 0 saturated carbocycles. The van der Waals surface area contributed by atoms with Crippen LogP contribution in [0.3, 0.4) is 0 Å². The number of carbonyl (C=O) groups excluding carboxylic acids is 1. The molecule has 142 valence electrons. The lowest BCUT2D eigenvalue weighted by atomic mass is 9.78. The normalized spacial score (nSPS) is 14.0. The number of carbonyl (C=O) groups is 1. The van der Waals surface area contributed by atoms with Gasteiger partial charge in [0.25, 0.3) is 0 Å². The van der Waals surface area contributed by atoms with Crippen LogP contribution in [0, 0.1) is 5.92 Å². The van der Waals surface area contributed by atoms with E-state index in [1.54, 1.807) is 6.92 Å². The minimum absolute atomic E-state index is 0.110. The molecule has 1 aromatic rings. The Kier molecular flexibility index (Phi) is 7.21. The second kappa shape index (κ2) is 8.16. The van der Waals surface area contributed by atoms with Gasteiger partial charge in [-0.15, -0.1) is 0 Å². The highest BCUT2D eigenvalue weighted by atomic mass is 32.2. The summed E-state index contributed by atoms with van der Waals surface area (Å²) in [4.78, 5) is 11.5. The van der Waals surface area contributed by atoms with Crippen LogP contribution in [0.5, 0.6) is 5.75 Å². The zero-order valence-corrected chi connectivity index (χ0v) is 18.3. The largest absolute Gasteiger partial charge is 0.507 e. The summed E-state index contributed by atoms with van der Waals surface area (Å²) in [5.41, 5.74) is 3.02. The average Bonchev–Trinajstić information content (AvgIpc) is 2.41. The first-order valence-electron chi connectivity index (χ1n) is 9.21. The molecule has 1 unspecified atom stereocenters. The molecule has 0 aromatic heterocycles. The lowest BCUT2D eigenvalue weighted by molar-refractivity contribution is -0.117. The highest BCUT2D eigenvalue weighted by molar-refractivity contribution is 7.99. The number of benzene rings is 1. The van der Waals surface area contributed by atoms with E-state index in [-0.39, 0.29) is 16.6 Å². The molecule has 0 spiro atoms. The third kappa shape index (κ3) is 6.36. The summed E-state index contributed by atoms with van der Waals surface area (Å²) in [5.74, 6) is 2.01. The molecule has 2 nitrogen and oxygen atoms in total. The van der Waals surface area contributed by atoms with Crippen molar-refractivity contribution in [1.82, 2.24) is 0 Å². The van der Waals surface area contributed by atoms with Crippen molar-refractivity contribution in [3.8, 4) is 5.75 Å². The Hall–Kier alpha value is -0.960. The second-order valence-electron chi connectivity index (χ2n) is 9.54. The van der Waals surface area contributed by atoms with Crippen LogP contribution < -0.4 is 0 Å². The summed E-state index contributed by atoms with van der Waals surface area (Å²) in [7, 11) is 0. The van der Waals surface area contributed by atoms with Gasteiger partial charge in [-0.1, -0.05) is 67.5 Å². The van der Waals surface area contributed by atoms with E-state index >= 15 is 0 Å². The summed E-state index contributed by atoms with van der Waals surface area (Å²) < 4.78 is 0. The van der Waals surface area contributed by atoms with Gasteiger partial charge in [0.15, 0.2) is 0 Å². The number of phenolic OH excluding ortho intramolecular Hbond substituents is 1. The van der Waals surface area contributed by atoms with Crippen LogP contribution in [-0.2, 0) is 21.4 Å². The molecule has 25 heavy (non-hydrogen) atoms. The molecule has 0 saturated heterocycles. The monoisotopic (exact) mass is 364 g/mol. The predicted molar refractivity (Wildman–Crippen MR) is 111 cm³/mol. The molecular formula is C22H36O2S. The lowest BCUT2D eigenvalue weighted by Crippen LogP contribution is -2.18. The third-order valence-corrected chi connectivity index (χ3v) is 6.12. The minimum atomic E-state index is -0.110. The van der Waals surface area contributed by atoms with Gasteiger partial charge in [0, 0.05) is 17.4 Å². The Morgan fingerprint density at radius 2 is 1.48 bits per heavy atom. The molecule has 0 fully saturated rings. The first-order chi connectivity index (χ1) is 11.2. The standard InChI is InChI=1S/C22H36O2S/c1-14(2)19(10-15(3)23)25-13-16-11-17(21(4,5)6)20(24)18(12-16)22(7,8)9/h11-12,14,19,24H,10,13H2,1-9H3. The van der Waals surface area contributed by atoms with Gasteiger partial charge in [0.1, 0.15) is 11.5 Å². The number of Topliss-reactive ketones (excluding diaryl/α,β-unsaturated/α-hetero) is 1. The van der Waals surface area contributed by atoms with Gasteiger partial charge >= 0.3 is 0 Å². The molecular weight excluding hydrogens is 328 g/mol. The molecule has 1 N–H and O–H groups in total. The van der Waals surface area contributed by atoms with Crippen molar-refractivity contribution in [2.45, 2.75) is 90.6 Å². The first-order valence-corrected chi connectivity index (χ1v) is 10.3. The van der Waals surface area contributed by atoms with E-state index in [2.05, 4.69) is 67.5 Å². The Bertz CT molecular complexity index is 568. The topological polar surface area (TPSA) is 37.3 Å². The number of aromatic hydroxyl groups is 1. The summed E-state index contributed by atoms with van der Waals surface area (Å²) in [5, 5.41) is 11.2. The highest BCUT2D eigenvalue weighted by Crippen LogP contribution is 2.40. The summed E-state index contributed by atoms with van der Waals surface area (Å²) >= 11 is 1.85. The number of thioether (sulfide) groups is 1. The van der Waals surface area contributed by atoms with Gasteiger partial charge < -0.3 is 5.11 Å². The molecule has 1 atom stereocenters. The number of rotatable bonds is 6. The predicted octanol–water partition coefficient (Wildman–Crippen LogP) is 6.22. The van der Waals surface area contributed by atoms with E-state index < -0.39 is 0 Å². The van der Waals surface area contributed by atoms with E-state index in [4.69, 9.17) is 0 Å². The molecule has 0 bridgehead atoms. The maximum Gasteiger partial charge on any atom is 0.130 e. The Balaban J connectivity index is 3.21. The van der Waals surface area contributed by atoms with Gasteiger partial charge in [-0.25, -0.2) is 0 Å². The van der Waals surface area contributed by atoms with Gasteiger partial charge in [0.2, 0.25) is 0 Å². The summed E-state index contributed by atoms with van der Waals surface area (Å²) in [6.45, 7) is 18.9. The summed E-state index contributed by atoms with van der Waals surface area (Å²) in [6.07, 6.45) is 0.624. The van der Waals surface area contributed by atoms with Crippen molar-refractivity contribution >= 4 is 17.5 Å². The Labute approximate surface area is 158 Å². The quantitative estimate of drug-likeness (QED) is 0.650. The Morgan fingerprint density at radius 3 is 1.80 bits per heavy atom. The minimum Gasteiger partial charge on any atom is -0.507 e. The fourth-order valence-electron chi connectivity index (χ4n) is 2.89. The summed E-state index contributed by atoms with van der Waals surface area (Å²) in [6, 6.07) is 4.28. The van der Waals surface area contributed by atoms with Gasteiger partial charge in [-0.05, 0) is 40.4 Å². The van der Waals surface area contributed by atoms with Crippen LogP contribution in [0.2, 0.25) is 0 Å². The maximum atomic E-state index is 11.5. The van der Waals surface area contributed by atoms with Gasteiger partial charge in [-0.3, -0.25) is 4.79 Å². The van der Waals surface area contributed by atoms with Crippen LogP contribution in [0.4, 0.5) is 0 Å². The first kappa shape index (κ1) is 22.1. The van der Waals surface area contributed by atoms with Crippen molar-refractivity contribution in [3.63, 3.8) is 0 Å². The molecule has 0 heterocycles. The molecule has 3 heteroatoms. The van der Waals surface area contributed by atoms with E-state index in [0.717, 1.165) is 16.9 Å². The number of hydrogen-bond donors (Lipinski definition) is 1.